The molecule has 4 nitrogen and oxygen atoms in total. The Morgan fingerprint density at radius 2 is 1.95 bits per heavy atom. The first-order valence-electron chi connectivity index (χ1n) is 7.66. The summed E-state index contributed by atoms with van der Waals surface area (Å²) in [7, 11) is -3.40. The molecule has 0 saturated carbocycles. The van der Waals surface area contributed by atoms with Crippen molar-refractivity contribution in [3.8, 4) is 0 Å². The molecule has 0 spiro atoms. The SMILES string of the molecule is CCNCc1cc(S(=O)(=O)NCCCC(C)C)ccc1C. The van der Waals surface area contributed by atoms with Gasteiger partial charge in [-0.25, -0.2) is 13.1 Å². The van der Waals surface area contributed by atoms with Crippen molar-refractivity contribution in [2.75, 3.05) is 13.1 Å². The van der Waals surface area contributed by atoms with Crippen molar-refractivity contribution < 1.29 is 8.42 Å². The van der Waals surface area contributed by atoms with E-state index in [0.29, 0.717) is 23.9 Å². The fourth-order valence-corrected chi connectivity index (χ4v) is 3.19. The molecule has 0 fully saturated rings. The monoisotopic (exact) mass is 312 g/mol. The highest BCUT2D eigenvalue weighted by Crippen LogP contribution is 2.16. The molecule has 0 aliphatic heterocycles. The highest BCUT2D eigenvalue weighted by molar-refractivity contribution is 7.89. The lowest BCUT2D eigenvalue weighted by molar-refractivity contribution is 0.540. The second kappa shape index (κ2) is 8.51. The van der Waals surface area contributed by atoms with Crippen molar-refractivity contribution in [2.24, 2.45) is 5.92 Å². The summed E-state index contributed by atoms with van der Waals surface area (Å²) in [5, 5.41) is 3.23. The van der Waals surface area contributed by atoms with E-state index < -0.39 is 10.0 Å². The Hall–Kier alpha value is -0.910. The molecule has 1 aromatic rings. The molecule has 0 unspecified atom stereocenters. The first-order chi connectivity index (χ1) is 9.86. The zero-order chi connectivity index (χ0) is 15.9. The minimum atomic E-state index is -3.40. The second-order valence-corrected chi connectivity index (χ2v) is 7.57. The third-order valence-electron chi connectivity index (χ3n) is 3.45. The lowest BCUT2D eigenvalue weighted by Gasteiger charge is -2.11. The quantitative estimate of drug-likeness (QED) is 0.689. The molecule has 0 radical (unpaired) electrons. The van der Waals surface area contributed by atoms with Gasteiger partial charge in [-0.2, -0.15) is 0 Å². The molecule has 0 aromatic heterocycles. The molecule has 0 heterocycles. The Morgan fingerprint density at radius 1 is 1.24 bits per heavy atom. The Labute approximate surface area is 129 Å². The van der Waals surface area contributed by atoms with Gasteiger partial charge < -0.3 is 5.32 Å². The molecule has 0 atom stereocenters. The normalized spacial score (nSPS) is 12.0. The van der Waals surface area contributed by atoms with E-state index >= 15 is 0 Å². The molecule has 5 heteroatoms. The molecule has 0 amide bonds. The maximum Gasteiger partial charge on any atom is 0.240 e. The van der Waals surface area contributed by atoms with E-state index in [0.717, 1.165) is 30.5 Å². The lowest BCUT2D eigenvalue weighted by Crippen LogP contribution is -2.25. The highest BCUT2D eigenvalue weighted by atomic mass is 32.2. The highest BCUT2D eigenvalue weighted by Gasteiger charge is 2.14. The molecule has 120 valence electrons. The summed E-state index contributed by atoms with van der Waals surface area (Å²) < 4.78 is 27.3. The summed E-state index contributed by atoms with van der Waals surface area (Å²) in [5.41, 5.74) is 2.14. The number of nitrogens with one attached hydrogen (secondary N) is 2. The predicted octanol–water partition coefficient (Wildman–Crippen LogP) is 2.82. The first kappa shape index (κ1) is 18.1. The van der Waals surface area contributed by atoms with Crippen LogP contribution in [-0.4, -0.2) is 21.5 Å². The Balaban J connectivity index is 2.73. The third-order valence-corrected chi connectivity index (χ3v) is 4.91. The molecule has 0 saturated heterocycles. The molecule has 1 rings (SSSR count). The van der Waals surface area contributed by atoms with Gasteiger partial charge in [0.25, 0.3) is 0 Å². The molecule has 1 aromatic carbocycles. The summed E-state index contributed by atoms with van der Waals surface area (Å²) in [6, 6.07) is 5.31. The number of aryl methyl sites for hydroxylation is 1. The summed E-state index contributed by atoms with van der Waals surface area (Å²) in [6.45, 7) is 10.4. The van der Waals surface area contributed by atoms with Crippen LogP contribution in [-0.2, 0) is 16.6 Å². The van der Waals surface area contributed by atoms with E-state index in [2.05, 4.69) is 23.9 Å². The van der Waals surface area contributed by atoms with E-state index in [1.54, 1.807) is 12.1 Å². The third kappa shape index (κ3) is 6.16. The van der Waals surface area contributed by atoms with Crippen molar-refractivity contribution in [1.82, 2.24) is 10.0 Å². The maximum atomic E-state index is 12.3. The van der Waals surface area contributed by atoms with Gasteiger partial charge >= 0.3 is 0 Å². The molecular formula is C16H28N2O2S. The number of rotatable bonds is 9. The average molecular weight is 312 g/mol. The van der Waals surface area contributed by atoms with Crippen LogP contribution in [0, 0.1) is 12.8 Å². The van der Waals surface area contributed by atoms with Crippen LogP contribution < -0.4 is 10.0 Å². The minimum absolute atomic E-state index is 0.352. The second-order valence-electron chi connectivity index (χ2n) is 5.80. The van der Waals surface area contributed by atoms with Crippen molar-refractivity contribution >= 4 is 10.0 Å². The summed E-state index contributed by atoms with van der Waals surface area (Å²) in [4.78, 5) is 0.352. The van der Waals surface area contributed by atoms with Crippen LogP contribution in [0.5, 0.6) is 0 Å². The Kier molecular flexibility index (Phi) is 7.35. The lowest BCUT2D eigenvalue weighted by atomic mass is 10.1. The predicted molar refractivity (Wildman–Crippen MR) is 87.8 cm³/mol. The van der Waals surface area contributed by atoms with Gasteiger partial charge in [-0.1, -0.05) is 26.8 Å². The largest absolute Gasteiger partial charge is 0.313 e. The number of benzene rings is 1. The van der Waals surface area contributed by atoms with Gasteiger partial charge in [0.1, 0.15) is 0 Å². The van der Waals surface area contributed by atoms with Gasteiger partial charge in [0.2, 0.25) is 10.0 Å². The van der Waals surface area contributed by atoms with Crippen LogP contribution in [0.3, 0.4) is 0 Å². The van der Waals surface area contributed by atoms with Crippen molar-refractivity contribution in [2.45, 2.75) is 52.0 Å². The smallest absolute Gasteiger partial charge is 0.240 e. The van der Waals surface area contributed by atoms with Crippen molar-refractivity contribution in [3.63, 3.8) is 0 Å². The van der Waals surface area contributed by atoms with Crippen LogP contribution in [0.15, 0.2) is 23.1 Å². The van der Waals surface area contributed by atoms with E-state index in [1.165, 1.54) is 0 Å². The number of hydrogen-bond acceptors (Lipinski definition) is 3. The van der Waals surface area contributed by atoms with Crippen LogP contribution >= 0.6 is 0 Å². The zero-order valence-electron chi connectivity index (χ0n) is 13.6. The van der Waals surface area contributed by atoms with Gasteiger partial charge in [-0.05, 0) is 55.5 Å². The zero-order valence-corrected chi connectivity index (χ0v) is 14.4. The van der Waals surface area contributed by atoms with Crippen LogP contribution in [0.2, 0.25) is 0 Å². The van der Waals surface area contributed by atoms with Crippen LogP contribution in [0.25, 0.3) is 0 Å². The standard InChI is InChI=1S/C16H28N2O2S/c1-5-17-12-15-11-16(9-8-14(15)4)21(19,20)18-10-6-7-13(2)3/h8-9,11,13,17-18H,5-7,10,12H2,1-4H3. The number of hydrogen-bond donors (Lipinski definition) is 2. The fourth-order valence-electron chi connectivity index (χ4n) is 2.07. The topological polar surface area (TPSA) is 58.2 Å². The first-order valence-corrected chi connectivity index (χ1v) is 9.15. The van der Waals surface area contributed by atoms with Gasteiger partial charge in [-0.15, -0.1) is 0 Å². The van der Waals surface area contributed by atoms with E-state index in [4.69, 9.17) is 0 Å². The molecule has 0 aliphatic rings. The van der Waals surface area contributed by atoms with Crippen molar-refractivity contribution in [1.29, 1.82) is 0 Å². The van der Waals surface area contributed by atoms with E-state index in [1.807, 2.05) is 19.9 Å². The Bertz CT molecular complexity index is 539. The number of sulfonamides is 1. The van der Waals surface area contributed by atoms with Crippen LogP contribution in [0.1, 0.15) is 44.7 Å². The van der Waals surface area contributed by atoms with Gasteiger partial charge in [0.15, 0.2) is 0 Å². The van der Waals surface area contributed by atoms with Gasteiger partial charge in [0, 0.05) is 13.1 Å². The molecule has 21 heavy (non-hydrogen) atoms. The van der Waals surface area contributed by atoms with Gasteiger partial charge in [-0.3, -0.25) is 0 Å². The maximum absolute atomic E-state index is 12.3. The van der Waals surface area contributed by atoms with Gasteiger partial charge in [0.05, 0.1) is 4.90 Å². The summed E-state index contributed by atoms with van der Waals surface area (Å²) in [5.74, 6) is 0.598. The van der Waals surface area contributed by atoms with E-state index in [9.17, 15) is 8.42 Å². The summed E-state index contributed by atoms with van der Waals surface area (Å²) in [6.07, 6.45) is 1.90. The summed E-state index contributed by atoms with van der Waals surface area (Å²) >= 11 is 0. The van der Waals surface area contributed by atoms with Crippen molar-refractivity contribution in [3.05, 3.63) is 29.3 Å². The molecule has 0 aliphatic carbocycles. The molecule has 0 bridgehead atoms. The molecule has 2 N–H and O–H groups in total. The Morgan fingerprint density at radius 3 is 2.57 bits per heavy atom. The average Bonchev–Trinajstić information content (AvgIpc) is 2.42. The van der Waals surface area contributed by atoms with E-state index in [-0.39, 0.29) is 0 Å². The minimum Gasteiger partial charge on any atom is -0.313 e. The fraction of sp³-hybridized carbons (Fsp3) is 0.625. The molecular weight excluding hydrogens is 284 g/mol. The van der Waals surface area contributed by atoms with Crippen LogP contribution in [0.4, 0.5) is 0 Å².